The van der Waals surface area contributed by atoms with E-state index in [1.807, 2.05) is 0 Å². The Hall–Kier alpha value is -0.420. The van der Waals surface area contributed by atoms with Crippen LogP contribution >= 0.6 is 24.0 Å². The van der Waals surface area contributed by atoms with Gasteiger partial charge in [0.25, 0.3) is 0 Å². The second-order valence-corrected chi connectivity index (χ2v) is 2.69. The van der Waals surface area contributed by atoms with E-state index >= 15 is 0 Å². The van der Waals surface area contributed by atoms with Crippen LogP contribution in [0.1, 0.15) is 0 Å². The van der Waals surface area contributed by atoms with Crippen molar-refractivity contribution < 1.29 is 0 Å². The third-order valence-electron chi connectivity index (χ3n) is 0.657. The highest BCUT2D eigenvalue weighted by molar-refractivity contribution is 7.80. The smallest absolute Gasteiger partial charge is 0.307 e. The van der Waals surface area contributed by atoms with Crippen LogP contribution in [0.2, 0.25) is 0 Å². The molecule has 0 aliphatic carbocycles. The summed E-state index contributed by atoms with van der Waals surface area (Å²) >= 11 is 4.81. The van der Waals surface area contributed by atoms with Crippen molar-refractivity contribution in [1.29, 1.82) is 0 Å². The molecule has 1 heterocycles. The molecule has 0 aliphatic rings. The lowest BCUT2D eigenvalue weighted by Crippen LogP contribution is -1.89. The SMILES string of the molecule is Nc1sc(=O)[nH]c1S. The van der Waals surface area contributed by atoms with Gasteiger partial charge < -0.3 is 10.7 Å². The zero-order valence-corrected chi connectivity index (χ0v) is 5.55. The van der Waals surface area contributed by atoms with Crippen LogP contribution in [0.5, 0.6) is 0 Å². The monoisotopic (exact) mass is 148 g/mol. The fourth-order valence-corrected chi connectivity index (χ4v) is 1.15. The van der Waals surface area contributed by atoms with E-state index < -0.39 is 0 Å². The van der Waals surface area contributed by atoms with E-state index in [-0.39, 0.29) is 4.87 Å². The number of hydrogen-bond donors (Lipinski definition) is 3. The highest BCUT2D eigenvalue weighted by Crippen LogP contribution is 2.13. The predicted octanol–water partition coefficient (Wildman–Crippen LogP) is 0.307. The average Bonchev–Trinajstić information content (AvgIpc) is 1.85. The van der Waals surface area contributed by atoms with Crippen LogP contribution in [0, 0.1) is 0 Å². The lowest BCUT2D eigenvalue weighted by atomic mass is 10.9. The van der Waals surface area contributed by atoms with Crippen molar-refractivity contribution in [3.63, 3.8) is 0 Å². The minimum Gasteiger partial charge on any atom is -0.388 e. The number of anilines is 1. The number of aromatic amines is 1. The van der Waals surface area contributed by atoms with Crippen LogP contribution in [0.3, 0.4) is 0 Å². The van der Waals surface area contributed by atoms with E-state index in [1.54, 1.807) is 0 Å². The summed E-state index contributed by atoms with van der Waals surface area (Å²) in [5.41, 5.74) is 5.25. The minimum atomic E-state index is -0.160. The van der Waals surface area contributed by atoms with Gasteiger partial charge in [0.1, 0.15) is 10.0 Å². The fraction of sp³-hybridized carbons (Fsp3) is 0. The molecule has 0 bridgehead atoms. The molecule has 0 spiro atoms. The molecule has 3 N–H and O–H groups in total. The van der Waals surface area contributed by atoms with Gasteiger partial charge in [-0.15, -0.1) is 12.6 Å². The van der Waals surface area contributed by atoms with Crippen molar-refractivity contribution in [2.24, 2.45) is 0 Å². The quantitative estimate of drug-likeness (QED) is 0.464. The molecule has 0 aromatic carbocycles. The molecule has 0 fully saturated rings. The molecule has 0 radical (unpaired) electrons. The molecule has 0 amide bonds. The average molecular weight is 148 g/mol. The first-order valence-electron chi connectivity index (χ1n) is 1.87. The van der Waals surface area contributed by atoms with Crippen LogP contribution in [0.25, 0.3) is 0 Å². The number of nitrogens with two attached hydrogens (primary N) is 1. The van der Waals surface area contributed by atoms with Gasteiger partial charge in [-0.2, -0.15) is 0 Å². The van der Waals surface area contributed by atoms with Crippen molar-refractivity contribution >= 4 is 29.0 Å². The molecule has 0 saturated heterocycles. The van der Waals surface area contributed by atoms with Crippen molar-refractivity contribution in [3.8, 4) is 0 Å². The normalized spacial score (nSPS) is 9.62. The molecule has 5 heteroatoms. The van der Waals surface area contributed by atoms with Gasteiger partial charge in [0, 0.05) is 0 Å². The Kier molecular flexibility index (Phi) is 1.31. The lowest BCUT2D eigenvalue weighted by Gasteiger charge is -1.78. The van der Waals surface area contributed by atoms with E-state index in [0.717, 1.165) is 11.3 Å². The molecule has 0 saturated carbocycles. The van der Waals surface area contributed by atoms with Gasteiger partial charge in [0.15, 0.2) is 0 Å². The zero-order chi connectivity index (χ0) is 6.15. The standard InChI is InChI=1S/C3H4N2OS2/c4-1-2(7)5-3(6)8-1/h7H,4H2,(H,5,6). The summed E-state index contributed by atoms with van der Waals surface area (Å²) in [5.74, 6) is 0. The number of nitrogens with one attached hydrogen (secondary N) is 1. The Morgan fingerprint density at radius 3 is 2.50 bits per heavy atom. The summed E-state index contributed by atoms with van der Waals surface area (Å²) in [6.07, 6.45) is 0. The topological polar surface area (TPSA) is 58.9 Å². The lowest BCUT2D eigenvalue weighted by molar-refractivity contribution is 1.17. The fourth-order valence-electron chi connectivity index (χ4n) is 0.332. The van der Waals surface area contributed by atoms with E-state index in [9.17, 15) is 4.79 Å². The third kappa shape index (κ3) is 0.873. The summed E-state index contributed by atoms with van der Waals surface area (Å²) in [5, 5.41) is 0.901. The first-order chi connectivity index (χ1) is 3.70. The van der Waals surface area contributed by atoms with Crippen LogP contribution in [0.15, 0.2) is 9.82 Å². The number of rotatable bonds is 0. The molecular weight excluding hydrogens is 144 g/mol. The Bertz CT molecular complexity index is 215. The molecular formula is C3H4N2OS2. The summed E-state index contributed by atoms with van der Waals surface area (Å²) < 4.78 is 0. The third-order valence-corrected chi connectivity index (χ3v) is 1.87. The Labute approximate surface area is 54.9 Å². The van der Waals surface area contributed by atoms with E-state index in [0.29, 0.717) is 10.0 Å². The molecule has 1 aromatic rings. The molecule has 0 atom stereocenters. The van der Waals surface area contributed by atoms with Crippen molar-refractivity contribution in [1.82, 2.24) is 4.98 Å². The number of thiol groups is 1. The summed E-state index contributed by atoms with van der Waals surface area (Å²) in [6.45, 7) is 0. The molecule has 0 aliphatic heterocycles. The summed E-state index contributed by atoms with van der Waals surface area (Å²) in [7, 11) is 0. The van der Waals surface area contributed by atoms with Crippen LogP contribution in [-0.2, 0) is 0 Å². The maximum absolute atomic E-state index is 10.3. The first-order valence-corrected chi connectivity index (χ1v) is 3.14. The number of aromatic nitrogens is 1. The van der Waals surface area contributed by atoms with Crippen LogP contribution in [-0.4, -0.2) is 4.98 Å². The highest BCUT2D eigenvalue weighted by Gasteiger charge is 1.95. The van der Waals surface area contributed by atoms with Gasteiger partial charge in [-0.1, -0.05) is 11.3 Å². The maximum atomic E-state index is 10.3. The zero-order valence-electron chi connectivity index (χ0n) is 3.84. The Morgan fingerprint density at radius 2 is 2.38 bits per heavy atom. The number of H-pyrrole nitrogens is 1. The number of nitrogen functional groups attached to an aromatic ring is 1. The van der Waals surface area contributed by atoms with Crippen molar-refractivity contribution in [3.05, 3.63) is 9.67 Å². The second kappa shape index (κ2) is 1.83. The molecule has 3 nitrogen and oxygen atoms in total. The highest BCUT2D eigenvalue weighted by atomic mass is 32.1. The van der Waals surface area contributed by atoms with Crippen molar-refractivity contribution in [2.75, 3.05) is 5.73 Å². The summed E-state index contributed by atoms with van der Waals surface area (Å²) in [6, 6.07) is 0. The number of thiazole rings is 1. The van der Waals surface area contributed by atoms with Crippen LogP contribution < -0.4 is 10.6 Å². The first kappa shape index (κ1) is 5.71. The van der Waals surface area contributed by atoms with Gasteiger partial charge in [-0.05, 0) is 0 Å². The van der Waals surface area contributed by atoms with Crippen LogP contribution in [0.4, 0.5) is 5.00 Å². The number of hydrogen-bond acceptors (Lipinski definition) is 4. The largest absolute Gasteiger partial charge is 0.388 e. The molecule has 1 rings (SSSR count). The van der Waals surface area contributed by atoms with Gasteiger partial charge in [0.2, 0.25) is 0 Å². The van der Waals surface area contributed by atoms with Gasteiger partial charge in [0.05, 0.1) is 0 Å². The molecule has 0 unspecified atom stereocenters. The Morgan fingerprint density at radius 1 is 1.75 bits per heavy atom. The van der Waals surface area contributed by atoms with E-state index in [1.165, 1.54) is 0 Å². The predicted molar refractivity (Wildman–Crippen MR) is 36.6 cm³/mol. The maximum Gasteiger partial charge on any atom is 0.307 e. The van der Waals surface area contributed by atoms with Gasteiger partial charge >= 0.3 is 4.87 Å². The Balaban J connectivity index is 3.35. The second-order valence-electron chi connectivity index (χ2n) is 1.23. The molecule has 8 heavy (non-hydrogen) atoms. The van der Waals surface area contributed by atoms with Crippen molar-refractivity contribution in [2.45, 2.75) is 5.03 Å². The van der Waals surface area contributed by atoms with Gasteiger partial charge in [-0.3, -0.25) is 4.79 Å². The van der Waals surface area contributed by atoms with E-state index in [4.69, 9.17) is 5.73 Å². The van der Waals surface area contributed by atoms with E-state index in [2.05, 4.69) is 17.6 Å². The molecule has 1 aromatic heterocycles. The van der Waals surface area contributed by atoms with Gasteiger partial charge in [-0.25, -0.2) is 0 Å². The minimum absolute atomic E-state index is 0.160. The summed E-state index contributed by atoms with van der Waals surface area (Å²) in [4.78, 5) is 12.6. The molecule has 44 valence electrons.